The van der Waals surface area contributed by atoms with Crippen LogP contribution in [0.4, 0.5) is 0 Å². The molecule has 0 aliphatic rings. The summed E-state index contributed by atoms with van der Waals surface area (Å²) in [4.78, 5) is 7.26. The molecule has 0 bridgehead atoms. The molecule has 9 nitrogen and oxygen atoms in total. The minimum absolute atomic E-state index is 0.150. The maximum absolute atomic E-state index is 11.1. The number of hydrogen-bond acceptors (Lipinski definition) is 7. The summed E-state index contributed by atoms with van der Waals surface area (Å²) in [5.41, 5.74) is 6.06. The van der Waals surface area contributed by atoms with Gasteiger partial charge in [0.15, 0.2) is 0 Å². The van der Waals surface area contributed by atoms with Crippen LogP contribution in [0.5, 0.6) is 0 Å². The average molecular weight is 395 g/mol. The molecule has 0 spiro atoms. The van der Waals surface area contributed by atoms with Crippen molar-refractivity contribution in [3.05, 3.63) is 48.5 Å². The lowest BCUT2D eigenvalue weighted by Crippen LogP contribution is -2.50. The topological polar surface area (TPSA) is 170 Å². The Morgan fingerprint density at radius 2 is 1.59 bits per heavy atom. The highest BCUT2D eigenvalue weighted by Gasteiger charge is 2.20. The van der Waals surface area contributed by atoms with Crippen molar-refractivity contribution in [1.29, 1.82) is 0 Å². The second kappa shape index (κ2) is 8.57. The first-order chi connectivity index (χ1) is 12.7. The van der Waals surface area contributed by atoms with E-state index in [0.717, 1.165) is 5.56 Å². The highest BCUT2D eigenvalue weighted by molar-refractivity contribution is 7.85. The lowest BCUT2D eigenvalue weighted by Gasteiger charge is -2.20. The van der Waals surface area contributed by atoms with Gasteiger partial charge in [-0.15, -0.1) is 0 Å². The van der Waals surface area contributed by atoms with E-state index in [4.69, 9.17) is 25.6 Å². The van der Waals surface area contributed by atoms with E-state index in [2.05, 4.69) is 9.97 Å². The predicted molar refractivity (Wildman–Crippen MR) is 99.5 cm³/mol. The Kier molecular flexibility index (Phi) is 6.65. The van der Waals surface area contributed by atoms with Crippen LogP contribution >= 0.6 is 0 Å². The van der Waals surface area contributed by atoms with Gasteiger partial charge in [-0.25, -0.2) is 4.98 Å². The van der Waals surface area contributed by atoms with Crippen molar-refractivity contribution in [3.63, 3.8) is 0 Å². The second-order valence-electron chi connectivity index (χ2n) is 5.94. The molecule has 1 aromatic heterocycles. The van der Waals surface area contributed by atoms with Gasteiger partial charge in [-0.3, -0.25) is 4.55 Å². The first-order valence-corrected chi connectivity index (χ1v) is 9.30. The third-order valence-electron chi connectivity index (χ3n) is 3.74. The monoisotopic (exact) mass is 395 g/mol. The van der Waals surface area contributed by atoms with Crippen LogP contribution in [0.15, 0.2) is 53.4 Å². The maximum Gasteiger partial charge on any atom is 0.294 e. The summed E-state index contributed by atoms with van der Waals surface area (Å²) in [5, 5.41) is 25.0. The number of benzene rings is 2. The number of fused-ring (bicyclic) bond motifs is 1. The normalized spacial score (nSPS) is 11.9. The number of aliphatic hydroxyl groups excluding tert-OH is 3. The Hall–Kier alpha value is -2.34. The molecule has 7 N–H and O–H groups in total. The third kappa shape index (κ3) is 5.32. The molecular weight excluding hydrogens is 374 g/mol. The Bertz CT molecular complexity index is 976. The van der Waals surface area contributed by atoms with E-state index in [-0.39, 0.29) is 4.90 Å². The summed E-state index contributed by atoms with van der Waals surface area (Å²) in [6.07, 6.45) is 0. The quantitative estimate of drug-likeness (QED) is 0.331. The van der Waals surface area contributed by atoms with E-state index in [0.29, 0.717) is 16.9 Å². The summed E-state index contributed by atoms with van der Waals surface area (Å²) < 4.78 is 31.2. The molecule has 0 aliphatic heterocycles. The lowest BCUT2D eigenvalue weighted by atomic mass is 10.1. The van der Waals surface area contributed by atoms with E-state index in [1.165, 1.54) is 12.1 Å². The standard InChI is InChI=1S/C13H10N2O3S.C4H11NO3/c16-19(17,18)10-6-7-11-12(8-10)15-13(14-11)9-4-2-1-3-5-9;5-4(1-6,2-7)3-8/h1-8H,(H,14,15)(H,16,17,18);6-8H,1-3,5H2. The number of hydrogen-bond donors (Lipinski definition) is 6. The number of nitrogens with two attached hydrogens (primary N) is 1. The van der Waals surface area contributed by atoms with Crippen LogP contribution in [0, 0.1) is 0 Å². The van der Waals surface area contributed by atoms with Gasteiger partial charge in [-0.1, -0.05) is 30.3 Å². The van der Waals surface area contributed by atoms with Gasteiger partial charge in [0.05, 0.1) is 41.3 Å². The largest absolute Gasteiger partial charge is 0.394 e. The van der Waals surface area contributed by atoms with Crippen LogP contribution in [0.3, 0.4) is 0 Å². The van der Waals surface area contributed by atoms with E-state index in [1.54, 1.807) is 6.07 Å². The molecule has 0 fully saturated rings. The van der Waals surface area contributed by atoms with Gasteiger partial charge >= 0.3 is 0 Å². The molecule has 2 aromatic carbocycles. The molecule has 27 heavy (non-hydrogen) atoms. The molecule has 0 atom stereocenters. The van der Waals surface area contributed by atoms with E-state index in [1.807, 2.05) is 30.3 Å². The molecule has 0 aliphatic carbocycles. The fraction of sp³-hybridized carbons (Fsp3) is 0.235. The maximum atomic E-state index is 11.1. The Morgan fingerprint density at radius 3 is 2.07 bits per heavy atom. The fourth-order valence-electron chi connectivity index (χ4n) is 2.03. The van der Waals surface area contributed by atoms with Gasteiger partial charge in [0.1, 0.15) is 5.82 Å². The Labute approximate surface area is 155 Å². The molecule has 0 amide bonds. The van der Waals surface area contributed by atoms with Gasteiger partial charge in [0.2, 0.25) is 0 Å². The fourth-order valence-corrected chi connectivity index (χ4v) is 2.54. The Balaban J connectivity index is 0.000000279. The van der Waals surface area contributed by atoms with Gasteiger partial charge in [-0.05, 0) is 18.2 Å². The molecule has 0 saturated heterocycles. The highest BCUT2D eigenvalue weighted by atomic mass is 32.2. The van der Waals surface area contributed by atoms with Gasteiger partial charge in [-0.2, -0.15) is 8.42 Å². The summed E-state index contributed by atoms with van der Waals surface area (Å²) in [6, 6.07) is 13.8. The van der Waals surface area contributed by atoms with Crippen molar-refractivity contribution in [3.8, 4) is 11.4 Å². The van der Waals surface area contributed by atoms with Crippen molar-refractivity contribution in [2.24, 2.45) is 5.73 Å². The average Bonchev–Trinajstić information content (AvgIpc) is 3.11. The smallest absolute Gasteiger partial charge is 0.294 e. The molecular formula is C17H21N3O6S. The number of nitrogens with zero attached hydrogens (tertiary/aromatic N) is 1. The van der Waals surface area contributed by atoms with Crippen LogP contribution in [0.25, 0.3) is 22.4 Å². The number of aromatic amines is 1. The van der Waals surface area contributed by atoms with E-state index < -0.39 is 35.5 Å². The molecule has 0 unspecified atom stereocenters. The van der Waals surface area contributed by atoms with Gasteiger partial charge in [0, 0.05) is 5.56 Å². The van der Waals surface area contributed by atoms with E-state index in [9.17, 15) is 8.42 Å². The second-order valence-corrected chi connectivity index (χ2v) is 7.36. The van der Waals surface area contributed by atoms with Crippen molar-refractivity contribution < 1.29 is 28.3 Å². The van der Waals surface area contributed by atoms with Crippen molar-refractivity contribution in [2.75, 3.05) is 19.8 Å². The van der Waals surface area contributed by atoms with Crippen LogP contribution in [0.2, 0.25) is 0 Å². The zero-order chi connectivity index (χ0) is 20.1. The van der Waals surface area contributed by atoms with Crippen LogP contribution in [-0.2, 0) is 10.1 Å². The van der Waals surface area contributed by atoms with Crippen LogP contribution < -0.4 is 5.73 Å². The number of H-pyrrole nitrogens is 1. The van der Waals surface area contributed by atoms with Crippen LogP contribution in [-0.4, -0.2) is 63.6 Å². The molecule has 10 heteroatoms. The lowest BCUT2D eigenvalue weighted by molar-refractivity contribution is 0.0697. The predicted octanol–water partition coefficient (Wildman–Crippen LogP) is 0.137. The minimum atomic E-state index is -4.20. The summed E-state index contributed by atoms with van der Waals surface area (Å²) in [6.45, 7) is -1.21. The SMILES string of the molecule is NC(CO)(CO)CO.O=S(=O)(O)c1ccc2nc(-c3ccccc3)[nH]c2c1. The zero-order valence-electron chi connectivity index (χ0n) is 14.3. The van der Waals surface area contributed by atoms with Crippen LogP contribution in [0.1, 0.15) is 0 Å². The number of nitrogens with one attached hydrogen (secondary N) is 1. The number of aromatic nitrogens is 2. The molecule has 146 valence electrons. The first-order valence-electron chi connectivity index (χ1n) is 7.86. The highest BCUT2D eigenvalue weighted by Crippen LogP contribution is 2.22. The molecule has 0 radical (unpaired) electrons. The van der Waals surface area contributed by atoms with E-state index >= 15 is 0 Å². The summed E-state index contributed by atoms with van der Waals surface area (Å²) in [7, 11) is -4.20. The number of aliphatic hydroxyl groups is 3. The summed E-state index contributed by atoms with van der Waals surface area (Å²) >= 11 is 0. The van der Waals surface area contributed by atoms with Crippen molar-refractivity contribution in [1.82, 2.24) is 9.97 Å². The Morgan fingerprint density at radius 1 is 1.00 bits per heavy atom. The first kappa shape index (κ1) is 21.0. The molecule has 3 rings (SSSR count). The van der Waals surface area contributed by atoms with Gasteiger partial charge < -0.3 is 26.0 Å². The van der Waals surface area contributed by atoms with Gasteiger partial charge in [0.25, 0.3) is 10.1 Å². The zero-order valence-corrected chi connectivity index (χ0v) is 15.1. The molecule has 3 aromatic rings. The number of imidazole rings is 1. The van der Waals surface area contributed by atoms with Crippen molar-refractivity contribution >= 4 is 21.2 Å². The minimum Gasteiger partial charge on any atom is -0.394 e. The summed E-state index contributed by atoms with van der Waals surface area (Å²) in [5.74, 6) is 0.656. The third-order valence-corrected chi connectivity index (χ3v) is 4.59. The molecule has 1 heterocycles. The molecule has 0 saturated carbocycles. The number of rotatable bonds is 5. The van der Waals surface area contributed by atoms with Crippen molar-refractivity contribution in [2.45, 2.75) is 10.4 Å².